The molecule has 0 saturated carbocycles. The Bertz CT molecular complexity index is 533. The van der Waals surface area contributed by atoms with Gasteiger partial charge in [0.15, 0.2) is 5.96 Å². The van der Waals surface area contributed by atoms with Crippen molar-refractivity contribution in [3.8, 4) is 0 Å². The van der Waals surface area contributed by atoms with Gasteiger partial charge < -0.3 is 38.0 Å². The second kappa shape index (κ2) is 10.8. The minimum atomic E-state index is -1.60. The second-order valence-electron chi connectivity index (χ2n) is 5.28. The quantitative estimate of drug-likeness (QED) is 0.112. The molecule has 0 aliphatic carbocycles. The first-order valence-electron chi connectivity index (χ1n) is 7.41. The Morgan fingerprint density at radius 3 is 2.16 bits per heavy atom. The maximum absolute atomic E-state index is 11.9. The molecule has 0 heterocycles. The highest BCUT2D eigenvalue weighted by Crippen LogP contribution is 1.98. The Balaban J connectivity index is 4.44. The first-order chi connectivity index (χ1) is 11.5. The van der Waals surface area contributed by atoms with Gasteiger partial charge in [-0.1, -0.05) is 0 Å². The number of nitrogens with one attached hydrogen (secondary N) is 2. The van der Waals surface area contributed by atoms with Crippen LogP contribution in [0.4, 0.5) is 0 Å². The topological polar surface area (TPSA) is 223 Å². The number of rotatable bonds is 11. The zero-order valence-electron chi connectivity index (χ0n) is 13.8. The molecule has 2 amide bonds. The van der Waals surface area contributed by atoms with Gasteiger partial charge in [0.2, 0.25) is 11.8 Å². The van der Waals surface area contributed by atoms with Crippen LogP contribution < -0.4 is 27.8 Å². The Labute approximate surface area is 143 Å². The summed E-state index contributed by atoms with van der Waals surface area (Å²) in [6.07, 6.45) is -0.0630. The maximum atomic E-state index is 11.9. The smallest absolute Gasteiger partial charge is 0.326 e. The number of guanidine groups is 1. The van der Waals surface area contributed by atoms with E-state index in [-0.39, 0.29) is 12.4 Å². The van der Waals surface area contributed by atoms with E-state index >= 15 is 0 Å². The lowest BCUT2D eigenvalue weighted by Crippen LogP contribution is -2.53. The van der Waals surface area contributed by atoms with Crippen LogP contribution in [0.5, 0.6) is 0 Å². The number of nitrogens with zero attached hydrogens (tertiary/aromatic N) is 1. The van der Waals surface area contributed by atoms with E-state index in [1.54, 1.807) is 0 Å². The van der Waals surface area contributed by atoms with Crippen LogP contribution in [0.1, 0.15) is 26.2 Å². The average Bonchev–Trinajstić information content (AvgIpc) is 2.49. The Morgan fingerprint density at radius 1 is 1.08 bits per heavy atom. The van der Waals surface area contributed by atoms with Gasteiger partial charge >= 0.3 is 11.9 Å². The van der Waals surface area contributed by atoms with Crippen molar-refractivity contribution in [2.45, 2.75) is 44.3 Å². The molecule has 0 aromatic rings. The molecule has 0 saturated heterocycles. The zero-order chi connectivity index (χ0) is 19.6. The number of aliphatic carboxylic acids is 2. The van der Waals surface area contributed by atoms with Crippen molar-refractivity contribution in [1.29, 1.82) is 0 Å². The molecular formula is C13H24N6O6. The van der Waals surface area contributed by atoms with Crippen LogP contribution in [0.15, 0.2) is 4.99 Å². The van der Waals surface area contributed by atoms with E-state index in [1.165, 1.54) is 6.92 Å². The summed E-state index contributed by atoms with van der Waals surface area (Å²) in [7, 11) is 0. The molecule has 3 unspecified atom stereocenters. The highest BCUT2D eigenvalue weighted by Gasteiger charge is 2.26. The van der Waals surface area contributed by atoms with E-state index in [0.29, 0.717) is 13.0 Å². The van der Waals surface area contributed by atoms with Gasteiger partial charge in [-0.25, -0.2) is 4.79 Å². The SMILES string of the molecule is CC(NC(=O)C(N)CCCN=C(N)N)C(=O)NC(CC(=O)O)C(=O)O. The van der Waals surface area contributed by atoms with Gasteiger partial charge in [0.25, 0.3) is 0 Å². The van der Waals surface area contributed by atoms with E-state index in [9.17, 15) is 19.2 Å². The van der Waals surface area contributed by atoms with E-state index in [4.69, 9.17) is 27.4 Å². The number of nitrogens with two attached hydrogens (primary N) is 3. The predicted molar refractivity (Wildman–Crippen MR) is 87.3 cm³/mol. The summed E-state index contributed by atoms with van der Waals surface area (Å²) in [6, 6.07) is -3.59. The highest BCUT2D eigenvalue weighted by molar-refractivity contribution is 5.92. The summed E-state index contributed by atoms with van der Waals surface area (Å²) >= 11 is 0. The molecule has 25 heavy (non-hydrogen) atoms. The predicted octanol–water partition coefficient (Wildman–Crippen LogP) is -3.08. The van der Waals surface area contributed by atoms with E-state index in [1.807, 2.05) is 5.32 Å². The monoisotopic (exact) mass is 360 g/mol. The number of hydrogen-bond donors (Lipinski definition) is 7. The molecule has 0 rings (SSSR count). The van der Waals surface area contributed by atoms with Crippen LogP contribution >= 0.6 is 0 Å². The molecular weight excluding hydrogens is 336 g/mol. The lowest BCUT2D eigenvalue weighted by molar-refractivity contribution is -0.147. The first-order valence-corrected chi connectivity index (χ1v) is 7.41. The molecule has 12 nitrogen and oxygen atoms in total. The van der Waals surface area contributed by atoms with Gasteiger partial charge in [-0.2, -0.15) is 0 Å². The number of carbonyl (C=O) groups is 4. The minimum absolute atomic E-state index is 0.0716. The van der Waals surface area contributed by atoms with Gasteiger partial charge in [-0.3, -0.25) is 19.4 Å². The van der Waals surface area contributed by atoms with Crippen LogP contribution in [0.25, 0.3) is 0 Å². The number of hydrogen-bond acceptors (Lipinski definition) is 6. The summed E-state index contributed by atoms with van der Waals surface area (Å²) in [5.41, 5.74) is 16.0. The van der Waals surface area contributed by atoms with Crippen molar-refractivity contribution < 1.29 is 29.4 Å². The third-order valence-electron chi connectivity index (χ3n) is 3.05. The van der Waals surface area contributed by atoms with Gasteiger partial charge in [0.05, 0.1) is 12.5 Å². The fraction of sp³-hybridized carbons (Fsp3) is 0.615. The van der Waals surface area contributed by atoms with Gasteiger partial charge in [0, 0.05) is 6.54 Å². The molecule has 0 fully saturated rings. The number of carbonyl (C=O) groups excluding carboxylic acids is 2. The third kappa shape index (κ3) is 9.76. The summed E-state index contributed by atoms with van der Waals surface area (Å²) in [5, 5.41) is 21.8. The molecule has 0 aromatic carbocycles. The summed E-state index contributed by atoms with van der Waals surface area (Å²) in [6.45, 7) is 1.62. The Kier molecular flexibility index (Phi) is 9.56. The molecule has 0 aromatic heterocycles. The second-order valence-corrected chi connectivity index (χ2v) is 5.28. The number of carboxylic acid groups (broad SMARTS) is 2. The molecule has 0 radical (unpaired) electrons. The lowest BCUT2D eigenvalue weighted by atomic mass is 10.1. The Hall–Kier alpha value is -2.89. The van der Waals surface area contributed by atoms with Gasteiger partial charge in [-0.15, -0.1) is 0 Å². The summed E-state index contributed by atoms with van der Waals surface area (Å²) in [4.78, 5) is 48.9. The van der Waals surface area contributed by atoms with Crippen LogP contribution in [0.3, 0.4) is 0 Å². The fourth-order valence-electron chi connectivity index (χ4n) is 1.71. The highest BCUT2D eigenvalue weighted by atomic mass is 16.4. The maximum Gasteiger partial charge on any atom is 0.326 e. The first kappa shape index (κ1) is 22.1. The van der Waals surface area contributed by atoms with Crippen molar-refractivity contribution in [2.75, 3.05) is 6.54 Å². The lowest BCUT2D eigenvalue weighted by Gasteiger charge is -2.19. The molecule has 0 aliphatic rings. The Morgan fingerprint density at radius 2 is 1.68 bits per heavy atom. The average molecular weight is 360 g/mol. The summed E-state index contributed by atoms with van der Waals surface area (Å²) in [5.74, 6) is -4.40. The van der Waals surface area contributed by atoms with E-state index in [0.717, 1.165) is 0 Å². The van der Waals surface area contributed by atoms with Gasteiger partial charge in [-0.05, 0) is 19.8 Å². The molecule has 3 atom stereocenters. The standard InChI is InChI=1S/C13H24N6O6/c1-6(10(22)19-8(12(24)25)5-9(20)21)18-11(23)7(14)3-2-4-17-13(15)16/h6-8H,2-5,14H2,1H3,(H,18,23)(H,19,22)(H,20,21)(H,24,25)(H4,15,16,17). The van der Waals surface area contributed by atoms with E-state index in [2.05, 4.69) is 10.3 Å². The molecule has 12 heteroatoms. The van der Waals surface area contributed by atoms with Crippen molar-refractivity contribution in [1.82, 2.24) is 10.6 Å². The zero-order valence-corrected chi connectivity index (χ0v) is 13.8. The third-order valence-corrected chi connectivity index (χ3v) is 3.05. The minimum Gasteiger partial charge on any atom is -0.481 e. The fourth-order valence-corrected chi connectivity index (χ4v) is 1.71. The molecule has 10 N–H and O–H groups in total. The van der Waals surface area contributed by atoms with Crippen LogP contribution in [-0.2, 0) is 19.2 Å². The molecule has 0 spiro atoms. The van der Waals surface area contributed by atoms with Crippen LogP contribution in [-0.4, -0.2) is 64.6 Å². The normalized spacial score (nSPS) is 13.8. The van der Waals surface area contributed by atoms with Gasteiger partial charge in [0.1, 0.15) is 12.1 Å². The van der Waals surface area contributed by atoms with E-state index < -0.39 is 48.3 Å². The van der Waals surface area contributed by atoms with Crippen molar-refractivity contribution in [3.05, 3.63) is 0 Å². The molecule has 142 valence electrons. The summed E-state index contributed by atoms with van der Waals surface area (Å²) < 4.78 is 0. The van der Waals surface area contributed by atoms with Crippen molar-refractivity contribution >= 4 is 29.7 Å². The molecule has 0 bridgehead atoms. The van der Waals surface area contributed by atoms with Crippen molar-refractivity contribution in [3.63, 3.8) is 0 Å². The van der Waals surface area contributed by atoms with Crippen molar-refractivity contribution in [2.24, 2.45) is 22.2 Å². The largest absolute Gasteiger partial charge is 0.481 e. The number of amides is 2. The number of aliphatic imine (C=N–C) groups is 1. The number of carboxylic acids is 2. The molecule has 0 aliphatic heterocycles. The van der Waals surface area contributed by atoms with Crippen LogP contribution in [0, 0.1) is 0 Å². The van der Waals surface area contributed by atoms with Crippen LogP contribution in [0.2, 0.25) is 0 Å².